The molecule has 0 aliphatic rings. The number of amides is 2. The molecule has 0 aliphatic carbocycles. The molecule has 0 radical (unpaired) electrons. The number of hydrogen-bond acceptors (Lipinski definition) is 4. The van der Waals surface area contributed by atoms with Crippen LogP contribution in [0.2, 0.25) is 0 Å². The Morgan fingerprint density at radius 2 is 1.12 bits per heavy atom. The number of hydrogen-bond donors (Lipinski definition) is 2. The van der Waals surface area contributed by atoms with E-state index < -0.39 is 35.5 Å². The molecule has 0 atom stereocenters. The summed E-state index contributed by atoms with van der Waals surface area (Å²) in [7, 11) is 0. The van der Waals surface area contributed by atoms with Gasteiger partial charge in [-0.2, -0.15) is 26.3 Å². The molecule has 26 heavy (non-hydrogen) atoms. The van der Waals surface area contributed by atoms with Crippen molar-refractivity contribution in [2.24, 2.45) is 0 Å². The van der Waals surface area contributed by atoms with Crippen LogP contribution in [0.4, 0.5) is 37.7 Å². The van der Waals surface area contributed by atoms with Gasteiger partial charge in [0.15, 0.2) is 0 Å². The molecule has 0 heterocycles. The number of alkyl halides is 6. The third-order valence-electron chi connectivity index (χ3n) is 2.69. The first-order valence-corrected chi connectivity index (χ1v) is 7.10. The van der Waals surface area contributed by atoms with Crippen molar-refractivity contribution < 1.29 is 45.4 Å². The molecule has 1 aromatic carbocycles. The Balaban J connectivity index is 3.33. The summed E-state index contributed by atoms with van der Waals surface area (Å²) in [5.41, 5.74) is -0.967. The summed E-state index contributed by atoms with van der Waals surface area (Å²) in [6.07, 6.45) is -10.4. The van der Waals surface area contributed by atoms with E-state index in [9.17, 15) is 35.9 Å². The number of carbonyl (C=O) groups is 2. The highest BCUT2D eigenvalue weighted by Gasteiger charge is 2.40. The fourth-order valence-corrected chi connectivity index (χ4v) is 1.69. The Bertz CT molecular complexity index is 615. The van der Waals surface area contributed by atoms with Gasteiger partial charge >= 0.3 is 24.2 Å². The van der Waals surface area contributed by atoms with Gasteiger partial charge in [-0.1, -0.05) is 0 Å². The second-order valence-electron chi connectivity index (χ2n) is 4.61. The monoisotopic (exact) mass is 388 g/mol. The standard InChI is InChI=1S/C14H14F6N2O4/c1-3-25-9-5-8(22-12(24)14(18,19)20)10(26-4-2)6-7(9)21-11(23)13(15,16)17/h5-6H,3-4H2,1-2H3,(H,21,23)(H,22,24). The van der Waals surface area contributed by atoms with Crippen LogP contribution in [0.3, 0.4) is 0 Å². The first-order chi connectivity index (χ1) is 11.9. The van der Waals surface area contributed by atoms with Crippen LogP contribution in [0.1, 0.15) is 13.8 Å². The lowest BCUT2D eigenvalue weighted by molar-refractivity contribution is -0.167. The van der Waals surface area contributed by atoms with E-state index in [4.69, 9.17) is 9.47 Å². The molecule has 0 fully saturated rings. The highest BCUT2D eigenvalue weighted by atomic mass is 19.4. The van der Waals surface area contributed by atoms with E-state index >= 15 is 0 Å². The van der Waals surface area contributed by atoms with Gasteiger partial charge < -0.3 is 20.1 Å². The molecule has 0 saturated carbocycles. The van der Waals surface area contributed by atoms with Gasteiger partial charge in [0, 0.05) is 12.1 Å². The lowest BCUT2D eigenvalue weighted by atomic mass is 10.2. The molecule has 2 amide bonds. The summed E-state index contributed by atoms with van der Waals surface area (Å²) in [5, 5.41) is 3.08. The van der Waals surface area contributed by atoms with E-state index in [1.165, 1.54) is 13.8 Å². The summed E-state index contributed by atoms with van der Waals surface area (Å²) in [6, 6.07) is 1.65. The van der Waals surface area contributed by atoms with Gasteiger partial charge in [0.1, 0.15) is 11.5 Å². The number of rotatable bonds is 6. The van der Waals surface area contributed by atoms with Crippen molar-refractivity contribution in [1.82, 2.24) is 0 Å². The summed E-state index contributed by atoms with van der Waals surface area (Å²) < 4.78 is 84.5. The van der Waals surface area contributed by atoms with Gasteiger partial charge in [0.25, 0.3) is 0 Å². The van der Waals surface area contributed by atoms with E-state index in [1.807, 2.05) is 0 Å². The van der Waals surface area contributed by atoms with Crippen molar-refractivity contribution in [1.29, 1.82) is 0 Å². The summed E-state index contributed by atoms with van der Waals surface area (Å²) in [5.74, 6) is -5.39. The fraction of sp³-hybridized carbons (Fsp3) is 0.429. The van der Waals surface area contributed by atoms with Crippen LogP contribution in [0, 0.1) is 0 Å². The van der Waals surface area contributed by atoms with Gasteiger partial charge in [-0.05, 0) is 13.8 Å². The van der Waals surface area contributed by atoms with Crippen molar-refractivity contribution in [3.05, 3.63) is 12.1 Å². The fourth-order valence-electron chi connectivity index (χ4n) is 1.69. The number of halogens is 6. The van der Waals surface area contributed by atoms with Crippen LogP contribution in [0.5, 0.6) is 11.5 Å². The average Bonchev–Trinajstić information content (AvgIpc) is 2.49. The summed E-state index contributed by atoms with van der Waals surface area (Å²) in [6.45, 7) is 2.77. The number of anilines is 2. The maximum absolute atomic E-state index is 12.4. The maximum atomic E-state index is 12.4. The molecular weight excluding hydrogens is 374 g/mol. The van der Waals surface area contributed by atoms with Gasteiger partial charge in [-0.25, -0.2) is 0 Å². The van der Waals surface area contributed by atoms with Crippen molar-refractivity contribution >= 4 is 23.2 Å². The van der Waals surface area contributed by atoms with Crippen molar-refractivity contribution in [3.8, 4) is 11.5 Å². The second-order valence-corrected chi connectivity index (χ2v) is 4.61. The molecule has 0 aromatic heterocycles. The zero-order valence-electron chi connectivity index (χ0n) is 13.5. The van der Waals surface area contributed by atoms with E-state index in [1.54, 1.807) is 10.6 Å². The Hall–Kier alpha value is -2.66. The molecule has 12 heteroatoms. The van der Waals surface area contributed by atoms with Crippen LogP contribution >= 0.6 is 0 Å². The van der Waals surface area contributed by atoms with E-state index in [2.05, 4.69) is 0 Å². The number of nitrogens with one attached hydrogen (secondary N) is 2. The average molecular weight is 388 g/mol. The second kappa shape index (κ2) is 8.15. The molecule has 0 unspecified atom stereocenters. The molecule has 0 aliphatic heterocycles. The van der Waals surface area contributed by atoms with Crippen molar-refractivity contribution in [2.75, 3.05) is 23.8 Å². The SMILES string of the molecule is CCOc1cc(NC(=O)C(F)(F)F)c(OCC)cc1NC(=O)C(F)(F)F. The normalized spacial score (nSPS) is 11.7. The lowest BCUT2D eigenvalue weighted by Gasteiger charge is -2.18. The Morgan fingerprint density at radius 1 is 0.808 bits per heavy atom. The zero-order valence-corrected chi connectivity index (χ0v) is 13.5. The lowest BCUT2D eigenvalue weighted by Crippen LogP contribution is -2.31. The van der Waals surface area contributed by atoms with Crippen LogP contribution in [0.15, 0.2) is 12.1 Å². The molecular formula is C14H14F6N2O4. The smallest absolute Gasteiger partial charge is 0.471 e. The van der Waals surface area contributed by atoms with E-state index in [0.717, 1.165) is 12.1 Å². The quantitative estimate of drug-likeness (QED) is 0.732. The predicted octanol–water partition coefficient (Wildman–Crippen LogP) is 3.49. The van der Waals surface area contributed by atoms with Crippen LogP contribution < -0.4 is 20.1 Å². The molecule has 1 aromatic rings. The van der Waals surface area contributed by atoms with Crippen molar-refractivity contribution in [3.63, 3.8) is 0 Å². The highest BCUT2D eigenvalue weighted by molar-refractivity contribution is 5.99. The Kier molecular flexibility index (Phi) is 6.70. The Labute approximate surface area is 143 Å². The highest BCUT2D eigenvalue weighted by Crippen LogP contribution is 2.38. The third-order valence-corrected chi connectivity index (χ3v) is 2.69. The van der Waals surface area contributed by atoms with E-state index in [0.29, 0.717) is 0 Å². The molecule has 0 spiro atoms. The molecule has 0 bridgehead atoms. The topological polar surface area (TPSA) is 76.7 Å². The molecule has 0 saturated heterocycles. The first-order valence-electron chi connectivity index (χ1n) is 7.10. The van der Waals surface area contributed by atoms with Gasteiger partial charge in [0.05, 0.1) is 24.6 Å². The van der Waals surface area contributed by atoms with Crippen LogP contribution in [-0.4, -0.2) is 37.4 Å². The molecule has 1 rings (SSSR count). The third kappa shape index (κ3) is 5.70. The van der Waals surface area contributed by atoms with Gasteiger partial charge in [-0.15, -0.1) is 0 Å². The van der Waals surface area contributed by atoms with Gasteiger partial charge in [0.2, 0.25) is 0 Å². The van der Waals surface area contributed by atoms with Crippen molar-refractivity contribution in [2.45, 2.75) is 26.2 Å². The minimum absolute atomic E-state index is 0.0739. The summed E-state index contributed by atoms with van der Waals surface area (Å²) in [4.78, 5) is 22.2. The Morgan fingerprint density at radius 3 is 1.35 bits per heavy atom. The zero-order chi connectivity index (χ0) is 20.1. The number of benzene rings is 1. The minimum atomic E-state index is -5.20. The molecule has 2 N–H and O–H groups in total. The molecule has 146 valence electrons. The van der Waals surface area contributed by atoms with Crippen LogP contribution in [0.25, 0.3) is 0 Å². The summed E-state index contributed by atoms with van der Waals surface area (Å²) >= 11 is 0. The largest absolute Gasteiger partial charge is 0.492 e. The predicted molar refractivity (Wildman–Crippen MR) is 78.1 cm³/mol. The van der Waals surface area contributed by atoms with Gasteiger partial charge in [-0.3, -0.25) is 9.59 Å². The first kappa shape index (κ1) is 21.4. The number of ether oxygens (including phenoxy) is 2. The van der Waals surface area contributed by atoms with E-state index in [-0.39, 0.29) is 24.7 Å². The minimum Gasteiger partial charge on any atom is -0.492 e. The van der Waals surface area contributed by atoms with Crippen LogP contribution in [-0.2, 0) is 9.59 Å². The molecule has 6 nitrogen and oxygen atoms in total. The maximum Gasteiger partial charge on any atom is 0.471 e. The number of carbonyl (C=O) groups excluding carboxylic acids is 2.